The third-order valence-electron chi connectivity index (χ3n) is 1.62. The summed E-state index contributed by atoms with van der Waals surface area (Å²) in [4.78, 5) is 9.74. The third kappa shape index (κ3) is 2.55. The Hall–Kier alpha value is -1.39. The van der Waals surface area contributed by atoms with Crippen molar-refractivity contribution in [2.75, 3.05) is 6.61 Å². The van der Waals surface area contributed by atoms with Crippen molar-refractivity contribution in [2.45, 2.75) is 0 Å². The Bertz CT molecular complexity index is 376. The van der Waals surface area contributed by atoms with E-state index >= 15 is 0 Å². The number of benzene rings is 1. The minimum Gasteiger partial charge on any atom is -0.385 e. The van der Waals surface area contributed by atoms with E-state index in [1.54, 1.807) is 24.3 Å². The van der Waals surface area contributed by atoms with Crippen LogP contribution in [0.4, 0.5) is 0 Å². The first-order valence-electron chi connectivity index (χ1n) is 3.85. The number of aliphatic hydroxyl groups is 1. The van der Waals surface area contributed by atoms with Gasteiger partial charge in [-0.25, -0.2) is 0 Å². The van der Waals surface area contributed by atoms with Gasteiger partial charge in [-0.1, -0.05) is 29.8 Å². The molecule has 0 atom stereocenters. The molecule has 0 aliphatic rings. The summed E-state index contributed by atoms with van der Waals surface area (Å²) in [5.74, 6) is 0. The molecule has 0 unspecified atom stereocenters. The van der Waals surface area contributed by atoms with Crippen LogP contribution in [0.3, 0.4) is 0 Å². The Kier molecular flexibility index (Phi) is 3.62. The smallest absolute Gasteiger partial charge is 0.272 e. The Morgan fingerprint density at radius 3 is 2.71 bits per heavy atom. The largest absolute Gasteiger partial charge is 0.385 e. The van der Waals surface area contributed by atoms with Crippen LogP contribution in [0, 0.1) is 10.1 Å². The first-order valence-corrected chi connectivity index (χ1v) is 4.23. The molecule has 74 valence electrons. The van der Waals surface area contributed by atoms with Crippen LogP contribution in [-0.4, -0.2) is 16.6 Å². The van der Waals surface area contributed by atoms with Crippen LogP contribution < -0.4 is 0 Å². The lowest BCUT2D eigenvalue weighted by atomic mass is 10.2. The molecule has 0 aliphatic heterocycles. The highest BCUT2D eigenvalue weighted by Gasteiger charge is 2.09. The molecule has 0 aromatic heterocycles. The van der Waals surface area contributed by atoms with Gasteiger partial charge in [0.15, 0.2) is 0 Å². The molecule has 0 saturated heterocycles. The highest BCUT2D eigenvalue weighted by atomic mass is 35.5. The fourth-order valence-corrected chi connectivity index (χ4v) is 1.12. The van der Waals surface area contributed by atoms with Crippen LogP contribution in [0.2, 0.25) is 5.02 Å². The molecule has 0 saturated carbocycles. The van der Waals surface area contributed by atoms with Gasteiger partial charge in [-0.2, -0.15) is 0 Å². The SMILES string of the molecule is O=[N+]([O-])/C(=C/c1ccccc1Cl)CO. The molecule has 0 spiro atoms. The second-order valence-electron chi connectivity index (χ2n) is 2.57. The van der Waals surface area contributed by atoms with Gasteiger partial charge in [0.05, 0.1) is 4.92 Å². The van der Waals surface area contributed by atoms with Crippen LogP contribution >= 0.6 is 11.6 Å². The van der Waals surface area contributed by atoms with E-state index in [1.807, 2.05) is 0 Å². The van der Waals surface area contributed by atoms with Crippen molar-refractivity contribution < 1.29 is 10.0 Å². The van der Waals surface area contributed by atoms with Gasteiger partial charge in [0.2, 0.25) is 0 Å². The summed E-state index contributed by atoms with van der Waals surface area (Å²) in [6.07, 6.45) is 1.25. The van der Waals surface area contributed by atoms with Crippen molar-refractivity contribution >= 4 is 17.7 Å². The Labute approximate surface area is 85.6 Å². The van der Waals surface area contributed by atoms with Crippen LogP contribution in [0.1, 0.15) is 5.56 Å². The van der Waals surface area contributed by atoms with Gasteiger partial charge in [0.1, 0.15) is 6.61 Å². The molecular weight excluding hydrogens is 206 g/mol. The molecule has 0 heterocycles. The topological polar surface area (TPSA) is 63.4 Å². The van der Waals surface area contributed by atoms with Crippen molar-refractivity contribution in [3.05, 3.63) is 50.7 Å². The van der Waals surface area contributed by atoms with Crippen LogP contribution in [0.5, 0.6) is 0 Å². The molecule has 0 fully saturated rings. The predicted molar refractivity (Wildman–Crippen MR) is 53.5 cm³/mol. The van der Waals surface area contributed by atoms with Gasteiger partial charge in [-0.3, -0.25) is 10.1 Å². The highest BCUT2D eigenvalue weighted by Crippen LogP contribution is 2.18. The quantitative estimate of drug-likeness (QED) is 0.617. The second kappa shape index (κ2) is 4.74. The number of halogens is 1. The van der Waals surface area contributed by atoms with Crippen molar-refractivity contribution in [1.82, 2.24) is 0 Å². The summed E-state index contributed by atoms with van der Waals surface area (Å²) < 4.78 is 0. The zero-order chi connectivity index (χ0) is 10.6. The second-order valence-corrected chi connectivity index (χ2v) is 2.98. The van der Waals surface area contributed by atoms with Gasteiger partial charge in [0, 0.05) is 11.1 Å². The van der Waals surface area contributed by atoms with E-state index in [4.69, 9.17) is 16.7 Å². The average molecular weight is 214 g/mol. The van der Waals surface area contributed by atoms with Crippen LogP contribution in [-0.2, 0) is 0 Å². The van der Waals surface area contributed by atoms with Crippen molar-refractivity contribution in [2.24, 2.45) is 0 Å². The van der Waals surface area contributed by atoms with Gasteiger partial charge < -0.3 is 5.11 Å². The number of rotatable bonds is 3. The number of hydrogen-bond donors (Lipinski definition) is 1. The van der Waals surface area contributed by atoms with Crippen LogP contribution in [0.15, 0.2) is 30.0 Å². The summed E-state index contributed by atoms with van der Waals surface area (Å²) in [7, 11) is 0. The maximum atomic E-state index is 10.4. The molecule has 5 heteroatoms. The molecule has 0 bridgehead atoms. The lowest BCUT2D eigenvalue weighted by Crippen LogP contribution is -2.02. The number of nitrogens with zero attached hydrogens (tertiary/aromatic N) is 1. The summed E-state index contributed by atoms with van der Waals surface area (Å²) in [6.45, 7) is -0.613. The molecule has 1 aromatic rings. The maximum Gasteiger partial charge on any atom is 0.272 e. The highest BCUT2D eigenvalue weighted by molar-refractivity contribution is 6.32. The number of nitro groups is 1. The predicted octanol–water partition coefficient (Wildman–Crippen LogP) is 1.95. The van der Waals surface area contributed by atoms with Crippen molar-refractivity contribution in [3.63, 3.8) is 0 Å². The monoisotopic (exact) mass is 213 g/mol. The summed E-state index contributed by atoms with van der Waals surface area (Å²) in [5.41, 5.74) is 0.244. The fraction of sp³-hybridized carbons (Fsp3) is 0.111. The standard InChI is InChI=1S/C9H8ClNO3/c10-9-4-2-1-3-7(9)5-8(6-12)11(13)14/h1-5,12H,6H2/b8-5+. The van der Waals surface area contributed by atoms with Crippen molar-refractivity contribution in [3.8, 4) is 0 Å². The van der Waals surface area contributed by atoms with E-state index in [9.17, 15) is 10.1 Å². The minimum atomic E-state index is -0.636. The molecule has 1 rings (SSSR count). The Morgan fingerprint density at radius 1 is 1.57 bits per heavy atom. The zero-order valence-corrected chi connectivity index (χ0v) is 7.94. The van der Waals surface area contributed by atoms with Gasteiger partial charge >= 0.3 is 0 Å². The molecule has 0 radical (unpaired) electrons. The van der Waals surface area contributed by atoms with Gasteiger partial charge in [-0.05, 0) is 11.6 Å². The Morgan fingerprint density at radius 2 is 2.21 bits per heavy atom. The normalized spacial score (nSPS) is 11.4. The van der Waals surface area contributed by atoms with E-state index < -0.39 is 11.5 Å². The molecule has 1 N–H and O–H groups in total. The summed E-state index contributed by atoms with van der Waals surface area (Å²) in [5, 5.41) is 19.5. The first kappa shape index (κ1) is 10.7. The van der Waals surface area contributed by atoms with E-state index in [0.717, 1.165) is 0 Å². The number of aliphatic hydroxyl groups excluding tert-OH is 1. The van der Waals surface area contributed by atoms with Crippen molar-refractivity contribution in [1.29, 1.82) is 0 Å². The molecule has 0 aliphatic carbocycles. The molecule has 0 amide bonds. The summed E-state index contributed by atoms with van der Waals surface area (Å²) >= 11 is 5.78. The molecule has 4 nitrogen and oxygen atoms in total. The fourth-order valence-electron chi connectivity index (χ4n) is 0.928. The third-order valence-corrected chi connectivity index (χ3v) is 1.97. The molecular formula is C9H8ClNO3. The van der Waals surface area contributed by atoms with Crippen LogP contribution in [0.25, 0.3) is 6.08 Å². The van der Waals surface area contributed by atoms with E-state index in [1.165, 1.54) is 6.08 Å². The van der Waals surface area contributed by atoms with Gasteiger partial charge in [0.25, 0.3) is 5.70 Å². The lowest BCUT2D eigenvalue weighted by Gasteiger charge is -1.97. The zero-order valence-electron chi connectivity index (χ0n) is 7.18. The number of hydrogen-bond acceptors (Lipinski definition) is 3. The van der Waals surface area contributed by atoms with E-state index in [-0.39, 0.29) is 5.70 Å². The first-order chi connectivity index (χ1) is 6.65. The molecule has 1 aromatic carbocycles. The van der Waals surface area contributed by atoms with E-state index in [2.05, 4.69) is 0 Å². The average Bonchev–Trinajstić information content (AvgIpc) is 2.16. The molecule has 14 heavy (non-hydrogen) atoms. The van der Waals surface area contributed by atoms with Gasteiger partial charge in [-0.15, -0.1) is 0 Å². The minimum absolute atomic E-state index is 0.280. The van der Waals surface area contributed by atoms with E-state index in [0.29, 0.717) is 10.6 Å². The maximum absolute atomic E-state index is 10.4. The summed E-state index contributed by atoms with van der Waals surface area (Å²) in [6, 6.07) is 6.71. The Balaban J connectivity index is 3.07. The lowest BCUT2D eigenvalue weighted by molar-refractivity contribution is -0.428.